The van der Waals surface area contributed by atoms with Crippen LogP contribution in [0.5, 0.6) is 0 Å². The fourth-order valence-electron chi connectivity index (χ4n) is 1.82. The fourth-order valence-corrected chi connectivity index (χ4v) is 1.82. The number of anilines is 3. The highest BCUT2D eigenvalue weighted by atomic mass is 16.2. The minimum absolute atomic E-state index is 0.241. The van der Waals surface area contributed by atoms with Gasteiger partial charge in [-0.1, -0.05) is 18.2 Å². The smallest absolute Gasteiger partial charge is 0.320 e. The average molecular weight is 299 g/mol. The van der Waals surface area contributed by atoms with Crippen LogP contribution in [0.2, 0.25) is 0 Å². The number of primary amides is 1. The number of carbonyl (C=O) groups excluding carboxylic acids is 2. The molecule has 7 heteroatoms. The molecule has 0 aliphatic heterocycles. The topological polar surface area (TPSA) is 109 Å². The van der Waals surface area contributed by atoms with Gasteiger partial charge in [-0.2, -0.15) is 0 Å². The second kappa shape index (κ2) is 7.07. The number of carbonyl (C=O) groups is 2. The third-order valence-electron chi connectivity index (χ3n) is 2.80. The van der Waals surface area contributed by atoms with Gasteiger partial charge in [-0.05, 0) is 19.1 Å². The lowest BCUT2D eigenvalue weighted by atomic mass is 10.2. The molecule has 0 bridgehead atoms. The SMILES string of the molecule is CCNC(=O)Nc1cc(Nc2ccccc2)c(C(N)=O)cn1. The minimum atomic E-state index is -0.601. The largest absolute Gasteiger partial charge is 0.365 e. The molecule has 1 aromatic carbocycles. The summed E-state index contributed by atoms with van der Waals surface area (Å²) in [7, 11) is 0. The van der Waals surface area contributed by atoms with Crippen molar-refractivity contribution in [3.8, 4) is 0 Å². The summed E-state index contributed by atoms with van der Waals surface area (Å²) in [5.74, 6) is -0.287. The number of pyridine rings is 1. The Hall–Kier alpha value is -3.09. The van der Waals surface area contributed by atoms with Crippen LogP contribution in [-0.2, 0) is 0 Å². The predicted octanol–water partition coefficient (Wildman–Crippen LogP) is 2.07. The van der Waals surface area contributed by atoms with E-state index < -0.39 is 5.91 Å². The molecule has 0 unspecified atom stereocenters. The number of urea groups is 1. The van der Waals surface area contributed by atoms with Gasteiger partial charge in [0, 0.05) is 24.5 Å². The molecule has 2 aromatic rings. The number of aromatic nitrogens is 1. The summed E-state index contributed by atoms with van der Waals surface area (Å²) >= 11 is 0. The number of hydrogen-bond acceptors (Lipinski definition) is 4. The first-order chi connectivity index (χ1) is 10.6. The van der Waals surface area contributed by atoms with E-state index in [1.165, 1.54) is 6.20 Å². The van der Waals surface area contributed by atoms with Crippen molar-refractivity contribution in [2.75, 3.05) is 17.2 Å². The van der Waals surface area contributed by atoms with Crippen molar-refractivity contribution in [3.05, 3.63) is 48.2 Å². The van der Waals surface area contributed by atoms with Gasteiger partial charge in [-0.3, -0.25) is 10.1 Å². The lowest BCUT2D eigenvalue weighted by Crippen LogP contribution is -2.28. The Balaban J connectivity index is 2.28. The van der Waals surface area contributed by atoms with E-state index in [0.29, 0.717) is 18.1 Å². The van der Waals surface area contributed by atoms with Gasteiger partial charge in [-0.25, -0.2) is 9.78 Å². The Bertz CT molecular complexity index is 673. The first-order valence-corrected chi connectivity index (χ1v) is 6.77. The molecule has 0 saturated carbocycles. The number of hydrogen-bond donors (Lipinski definition) is 4. The molecule has 0 aliphatic rings. The molecule has 0 saturated heterocycles. The quantitative estimate of drug-likeness (QED) is 0.677. The maximum absolute atomic E-state index is 11.5. The van der Waals surface area contributed by atoms with Crippen molar-refractivity contribution in [3.63, 3.8) is 0 Å². The summed E-state index contributed by atoms with van der Waals surface area (Å²) in [5.41, 5.74) is 6.85. The highest BCUT2D eigenvalue weighted by Crippen LogP contribution is 2.22. The van der Waals surface area contributed by atoms with E-state index in [9.17, 15) is 9.59 Å². The molecule has 0 radical (unpaired) electrons. The normalized spacial score (nSPS) is 9.86. The Kier molecular flexibility index (Phi) is 4.92. The Morgan fingerprint density at radius 2 is 1.95 bits per heavy atom. The lowest BCUT2D eigenvalue weighted by Gasteiger charge is -2.12. The first-order valence-electron chi connectivity index (χ1n) is 6.77. The van der Waals surface area contributed by atoms with Gasteiger partial charge in [0.2, 0.25) is 0 Å². The van der Waals surface area contributed by atoms with Crippen LogP contribution in [-0.4, -0.2) is 23.5 Å². The van der Waals surface area contributed by atoms with Crippen LogP contribution in [0.3, 0.4) is 0 Å². The summed E-state index contributed by atoms with van der Waals surface area (Å²) in [4.78, 5) is 27.0. The van der Waals surface area contributed by atoms with Gasteiger partial charge in [0.15, 0.2) is 0 Å². The van der Waals surface area contributed by atoms with Gasteiger partial charge < -0.3 is 16.4 Å². The summed E-state index contributed by atoms with van der Waals surface area (Å²) in [6, 6.07) is 10.5. The molecule has 114 valence electrons. The fraction of sp³-hybridized carbons (Fsp3) is 0.133. The average Bonchev–Trinajstić information content (AvgIpc) is 2.48. The van der Waals surface area contributed by atoms with Crippen molar-refractivity contribution in [1.29, 1.82) is 0 Å². The standard InChI is InChI=1S/C15H17N5O2/c1-2-17-15(22)20-13-8-12(11(9-18-13)14(16)21)19-10-6-4-3-5-7-10/h3-9H,2H2,1H3,(H2,16,21)(H3,17,18,19,20,22). The van der Waals surface area contributed by atoms with E-state index in [4.69, 9.17) is 5.73 Å². The van der Waals surface area contributed by atoms with Gasteiger partial charge >= 0.3 is 6.03 Å². The monoisotopic (exact) mass is 299 g/mol. The molecule has 0 aliphatic carbocycles. The Morgan fingerprint density at radius 1 is 1.23 bits per heavy atom. The summed E-state index contributed by atoms with van der Waals surface area (Å²) < 4.78 is 0. The van der Waals surface area contributed by atoms with Gasteiger partial charge in [0.05, 0.1) is 11.3 Å². The molecule has 0 spiro atoms. The van der Waals surface area contributed by atoms with E-state index in [1.807, 2.05) is 37.3 Å². The van der Waals surface area contributed by atoms with Crippen LogP contribution in [0, 0.1) is 0 Å². The van der Waals surface area contributed by atoms with Crippen molar-refractivity contribution in [2.45, 2.75) is 6.92 Å². The molecular formula is C15H17N5O2. The molecule has 3 amide bonds. The zero-order valence-electron chi connectivity index (χ0n) is 12.1. The number of nitrogens with zero attached hydrogens (tertiary/aromatic N) is 1. The summed E-state index contributed by atoms with van der Waals surface area (Å²) in [6.45, 7) is 2.31. The molecule has 0 fully saturated rings. The van der Waals surface area contributed by atoms with Crippen molar-refractivity contribution < 1.29 is 9.59 Å². The Morgan fingerprint density at radius 3 is 2.59 bits per heavy atom. The molecule has 2 rings (SSSR count). The van der Waals surface area contributed by atoms with Crippen LogP contribution < -0.4 is 21.7 Å². The second-order valence-electron chi connectivity index (χ2n) is 4.45. The van der Waals surface area contributed by atoms with Crippen LogP contribution in [0.15, 0.2) is 42.6 Å². The molecule has 0 atom stereocenters. The third kappa shape index (κ3) is 3.95. The molecule has 5 N–H and O–H groups in total. The minimum Gasteiger partial charge on any atom is -0.365 e. The molecular weight excluding hydrogens is 282 g/mol. The number of nitrogens with one attached hydrogen (secondary N) is 3. The van der Waals surface area contributed by atoms with Crippen LogP contribution in [0.25, 0.3) is 0 Å². The maximum atomic E-state index is 11.5. The molecule has 22 heavy (non-hydrogen) atoms. The van der Waals surface area contributed by atoms with Crippen LogP contribution in [0.1, 0.15) is 17.3 Å². The van der Waals surface area contributed by atoms with Crippen molar-refractivity contribution in [2.24, 2.45) is 5.73 Å². The van der Waals surface area contributed by atoms with E-state index in [-0.39, 0.29) is 11.6 Å². The second-order valence-corrected chi connectivity index (χ2v) is 4.45. The summed E-state index contributed by atoms with van der Waals surface area (Å²) in [5, 5.41) is 8.27. The van der Waals surface area contributed by atoms with Crippen LogP contribution in [0.4, 0.5) is 22.0 Å². The predicted molar refractivity (Wildman–Crippen MR) is 85.2 cm³/mol. The highest BCUT2D eigenvalue weighted by molar-refractivity contribution is 6.00. The zero-order chi connectivity index (χ0) is 15.9. The van der Waals surface area contributed by atoms with Gasteiger partial charge in [0.1, 0.15) is 5.82 Å². The first kappa shape index (κ1) is 15.3. The van der Waals surface area contributed by atoms with Crippen molar-refractivity contribution >= 4 is 29.1 Å². The number of amides is 3. The number of para-hydroxylation sites is 1. The lowest BCUT2D eigenvalue weighted by molar-refractivity contribution is 0.100. The van der Waals surface area contributed by atoms with E-state index in [0.717, 1.165) is 5.69 Å². The highest BCUT2D eigenvalue weighted by Gasteiger charge is 2.11. The van der Waals surface area contributed by atoms with E-state index in [1.54, 1.807) is 6.07 Å². The molecule has 7 nitrogen and oxygen atoms in total. The summed E-state index contributed by atoms with van der Waals surface area (Å²) in [6.07, 6.45) is 1.33. The van der Waals surface area contributed by atoms with Gasteiger partial charge in [-0.15, -0.1) is 0 Å². The van der Waals surface area contributed by atoms with E-state index >= 15 is 0 Å². The zero-order valence-corrected chi connectivity index (χ0v) is 12.1. The molecule has 1 heterocycles. The van der Waals surface area contributed by atoms with E-state index in [2.05, 4.69) is 20.9 Å². The Labute approximate surface area is 127 Å². The third-order valence-corrected chi connectivity index (χ3v) is 2.80. The van der Waals surface area contributed by atoms with Crippen LogP contribution >= 0.6 is 0 Å². The number of nitrogens with two attached hydrogens (primary N) is 1. The molecule has 1 aromatic heterocycles. The number of benzene rings is 1. The van der Waals surface area contributed by atoms with Crippen molar-refractivity contribution in [1.82, 2.24) is 10.3 Å². The number of rotatable bonds is 5. The van der Waals surface area contributed by atoms with Gasteiger partial charge in [0.25, 0.3) is 5.91 Å². The maximum Gasteiger partial charge on any atom is 0.320 e.